The van der Waals surface area contributed by atoms with E-state index in [0.717, 1.165) is 6.42 Å². The third-order valence-electron chi connectivity index (χ3n) is 2.76. The molecular formula is C10H17N3. The number of aromatic nitrogens is 2. The fourth-order valence-electron chi connectivity index (χ4n) is 1.91. The molecule has 1 aliphatic heterocycles. The molecule has 0 aromatic carbocycles. The molecular weight excluding hydrogens is 162 g/mol. The second kappa shape index (κ2) is 3.92. The summed E-state index contributed by atoms with van der Waals surface area (Å²) < 4.78 is 2.11. The van der Waals surface area contributed by atoms with Crippen molar-refractivity contribution in [2.24, 2.45) is 7.05 Å². The first-order chi connectivity index (χ1) is 6.36. The molecule has 1 fully saturated rings. The third-order valence-corrected chi connectivity index (χ3v) is 2.76. The summed E-state index contributed by atoms with van der Waals surface area (Å²) in [5.74, 6) is 1.19. The van der Waals surface area contributed by atoms with Crippen LogP contribution in [-0.4, -0.2) is 22.1 Å². The topological polar surface area (TPSA) is 29.9 Å². The Labute approximate surface area is 79.2 Å². The highest BCUT2D eigenvalue weighted by molar-refractivity contribution is 4.95. The smallest absolute Gasteiger partial charge is 0.109 e. The van der Waals surface area contributed by atoms with Crippen LogP contribution in [0.3, 0.4) is 0 Å². The number of piperidine rings is 1. The van der Waals surface area contributed by atoms with Gasteiger partial charge in [-0.15, -0.1) is 0 Å². The van der Waals surface area contributed by atoms with Crippen molar-refractivity contribution in [2.75, 3.05) is 6.54 Å². The fourth-order valence-corrected chi connectivity index (χ4v) is 1.91. The highest BCUT2D eigenvalue weighted by atomic mass is 15.0. The maximum absolute atomic E-state index is 4.33. The first kappa shape index (κ1) is 8.75. The summed E-state index contributed by atoms with van der Waals surface area (Å²) in [5.41, 5.74) is 0. The molecule has 1 aromatic heterocycles. The molecule has 0 saturated carbocycles. The summed E-state index contributed by atoms with van der Waals surface area (Å²) in [5, 5.41) is 3.53. The van der Waals surface area contributed by atoms with Gasteiger partial charge < -0.3 is 9.88 Å². The highest BCUT2D eigenvalue weighted by Crippen LogP contribution is 2.10. The van der Waals surface area contributed by atoms with Crippen LogP contribution in [0.4, 0.5) is 0 Å². The molecule has 0 spiro atoms. The van der Waals surface area contributed by atoms with Crippen LogP contribution in [-0.2, 0) is 13.5 Å². The summed E-state index contributed by atoms with van der Waals surface area (Å²) in [6.07, 6.45) is 8.95. The van der Waals surface area contributed by atoms with Gasteiger partial charge in [0.15, 0.2) is 0 Å². The Balaban J connectivity index is 1.93. The standard InChI is InChI=1S/C10H17N3/c1-13-7-6-12-10(13)8-9-4-2-3-5-11-9/h6-7,9,11H,2-5,8H2,1H3. The lowest BCUT2D eigenvalue weighted by Gasteiger charge is -2.22. The zero-order chi connectivity index (χ0) is 9.10. The van der Waals surface area contributed by atoms with Crippen LogP contribution in [0.5, 0.6) is 0 Å². The number of nitrogens with one attached hydrogen (secondary N) is 1. The molecule has 1 aromatic rings. The Hall–Kier alpha value is -0.830. The molecule has 3 nitrogen and oxygen atoms in total. The second-order valence-electron chi connectivity index (χ2n) is 3.81. The minimum atomic E-state index is 0.648. The zero-order valence-corrected chi connectivity index (χ0v) is 8.16. The maximum Gasteiger partial charge on any atom is 0.109 e. The predicted octanol–water partition coefficient (Wildman–Crippen LogP) is 1.10. The van der Waals surface area contributed by atoms with Gasteiger partial charge in [0, 0.05) is 31.9 Å². The average Bonchev–Trinajstić information content (AvgIpc) is 2.54. The van der Waals surface area contributed by atoms with Gasteiger partial charge in [0.25, 0.3) is 0 Å². The molecule has 3 heteroatoms. The summed E-state index contributed by atoms with van der Waals surface area (Å²) in [4.78, 5) is 4.33. The Morgan fingerprint density at radius 2 is 2.54 bits per heavy atom. The van der Waals surface area contributed by atoms with Crippen molar-refractivity contribution >= 4 is 0 Å². The van der Waals surface area contributed by atoms with E-state index < -0.39 is 0 Å². The Morgan fingerprint density at radius 3 is 3.15 bits per heavy atom. The highest BCUT2D eigenvalue weighted by Gasteiger charge is 2.14. The summed E-state index contributed by atoms with van der Waals surface area (Å²) in [6.45, 7) is 1.18. The van der Waals surface area contributed by atoms with Crippen LogP contribution >= 0.6 is 0 Å². The minimum absolute atomic E-state index is 0.648. The number of aryl methyl sites for hydroxylation is 1. The lowest BCUT2D eigenvalue weighted by atomic mass is 10.0. The first-order valence-electron chi connectivity index (χ1n) is 5.06. The normalized spacial score (nSPS) is 23.3. The van der Waals surface area contributed by atoms with E-state index in [1.54, 1.807) is 0 Å². The van der Waals surface area contributed by atoms with Gasteiger partial charge in [-0.05, 0) is 19.4 Å². The SMILES string of the molecule is Cn1ccnc1CC1CCCCN1. The van der Waals surface area contributed by atoms with Crippen LogP contribution in [0, 0.1) is 0 Å². The van der Waals surface area contributed by atoms with E-state index in [-0.39, 0.29) is 0 Å². The van der Waals surface area contributed by atoms with Gasteiger partial charge in [-0.1, -0.05) is 6.42 Å². The lowest BCUT2D eigenvalue weighted by molar-refractivity contribution is 0.392. The van der Waals surface area contributed by atoms with Gasteiger partial charge in [0.05, 0.1) is 0 Å². The van der Waals surface area contributed by atoms with E-state index in [4.69, 9.17) is 0 Å². The van der Waals surface area contributed by atoms with Crippen molar-refractivity contribution in [2.45, 2.75) is 31.7 Å². The first-order valence-corrected chi connectivity index (χ1v) is 5.06. The zero-order valence-electron chi connectivity index (χ0n) is 8.16. The molecule has 0 amide bonds. The van der Waals surface area contributed by atoms with Gasteiger partial charge >= 0.3 is 0 Å². The monoisotopic (exact) mass is 179 g/mol. The number of hydrogen-bond acceptors (Lipinski definition) is 2. The van der Waals surface area contributed by atoms with E-state index in [1.165, 1.54) is 31.6 Å². The molecule has 13 heavy (non-hydrogen) atoms. The van der Waals surface area contributed by atoms with Crippen molar-refractivity contribution < 1.29 is 0 Å². The third kappa shape index (κ3) is 2.10. The number of imidazole rings is 1. The maximum atomic E-state index is 4.33. The van der Waals surface area contributed by atoms with Crippen molar-refractivity contribution in [1.82, 2.24) is 14.9 Å². The summed E-state index contributed by atoms with van der Waals surface area (Å²) in [7, 11) is 2.06. The molecule has 2 rings (SSSR count). The van der Waals surface area contributed by atoms with Gasteiger partial charge in [0.1, 0.15) is 5.82 Å². The van der Waals surface area contributed by atoms with Crippen LogP contribution in [0.15, 0.2) is 12.4 Å². The largest absolute Gasteiger partial charge is 0.338 e. The number of hydrogen-bond donors (Lipinski definition) is 1. The van der Waals surface area contributed by atoms with Crippen molar-refractivity contribution in [3.63, 3.8) is 0 Å². The van der Waals surface area contributed by atoms with E-state index in [9.17, 15) is 0 Å². The molecule has 0 radical (unpaired) electrons. The Morgan fingerprint density at radius 1 is 1.62 bits per heavy atom. The van der Waals surface area contributed by atoms with Crippen LogP contribution in [0.1, 0.15) is 25.1 Å². The quantitative estimate of drug-likeness (QED) is 0.737. The number of nitrogens with zero attached hydrogens (tertiary/aromatic N) is 2. The second-order valence-corrected chi connectivity index (χ2v) is 3.81. The summed E-state index contributed by atoms with van der Waals surface area (Å²) >= 11 is 0. The molecule has 0 aliphatic carbocycles. The molecule has 72 valence electrons. The number of rotatable bonds is 2. The molecule has 2 heterocycles. The van der Waals surface area contributed by atoms with Crippen molar-refractivity contribution in [1.29, 1.82) is 0 Å². The predicted molar refractivity (Wildman–Crippen MR) is 52.6 cm³/mol. The van der Waals surface area contributed by atoms with Gasteiger partial charge in [-0.2, -0.15) is 0 Å². The van der Waals surface area contributed by atoms with Crippen molar-refractivity contribution in [3.8, 4) is 0 Å². The lowest BCUT2D eigenvalue weighted by Crippen LogP contribution is -2.36. The molecule has 1 atom stereocenters. The van der Waals surface area contributed by atoms with Gasteiger partial charge in [-0.3, -0.25) is 0 Å². The van der Waals surface area contributed by atoms with E-state index in [1.807, 2.05) is 12.4 Å². The van der Waals surface area contributed by atoms with E-state index >= 15 is 0 Å². The Kier molecular flexibility index (Phi) is 2.64. The molecule has 0 bridgehead atoms. The fraction of sp³-hybridized carbons (Fsp3) is 0.700. The van der Waals surface area contributed by atoms with E-state index in [0.29, 0.717) is 6.04 Å². The average molecular weight is 179 g/mol. The minimum Gasteiger partial charge on any atom is -0.338 e. The van der Waals surface area contributed by atoms with Crippen LogP contribution < -0.4 is 5.32 Å². The molecule has 1 unspecified atom stereocenters. The van der Waals surface area contributed by atoms with Crippen molar-refractivity contribution in [3.05, 3.63) is 18.2 Å². The Bertz CT molecular complexity index is 261. The van der Waals surface area contributed by atoms with Gasteiger partial charge in [-0.25, -0.2) is 4.98 Å². The van der Waals surface area contributed by atoms with Crippen LogP contribution in [0.25, 0.3) is 0 Å². The van der Waals surface area contributed by atoms with Gasteiger partial charge in [0.2, 0.25) is 0 Å². The molecule has 1 aliphatic rings. The molecule has 1 N–H and O–H groups in total. The van der Waals surface area contributed by atoms with E-state index in [2.05, 4.69) is 21.9 Å². The van der Waals surface area contributed by atoms with Crippen LogP contribution in [0.2, 0.25) is 0 Å². The summed E-state index contributed by atoms with van der Waals surface area (Å²) in [6, 6.07) is 0.648. The molecule has 1 saturated heterocycles.